The Labute approximate surface area is 386 Å². The first-order valence-electron chi connectivity index (χ1n) is 24.1. The molecule has 65 heavy (non-hydrogen) atoms. The van der Waals surface area contributed by atoms with E-state index in [2.05, 4.69) is 41.5 Å². The third-order valence-electron chi connectivity index (χ3n) is 19.0. The average Bonchev–Trinajstić information content (AvgIpc) is 3.21. The van der Waals surface area contributed by atoms with Crippen molar-refractivity contribution in [3.8, 4) is 23.0 Å². The number of ether oxygens (including phenoxy) is 3. The maximum absolute atomic E-state index is 14.2. The van der Waals surface area contributed by atoms with Crippen LogP contribution in [0.25, 0.3) is 6.08 Å². The number of carboxylic acid groups (broad SMARTS) is 1. The number of phenols is 1. The number of carbonyl (C=O) groups is 3. The van der Waals surface area contributed by atoms with Crippen LogP contribution in [0.3, 0.4) is 0 Å². The lowest BCUT2D eigenvalue weighted by Crippen LogP contribution is -2.66. The second-order valence-electron chi connectivity index (χ2n) is 24.1. The zero-order valence-corrected chi connectivity index (χ0v) is 40.9. The molecule has 9 rings (SSSR count). The maximum Gasteiger partial charge on any atom is 0.309 e. The number of fused-ring (bicyclic) bond motifs is 9. The standard InChI is InChI=1S/C30H46O4.C25H28O6/c1-25(2)21-8-11-30(7)23(28(21,5)10-9-22(25)32)20(31)16-18-19-17-27(4,24(33)34)13-12-26(19,3)14-15-29(18,30)6;1-24(2)9-8-16-20(30-24)7-6-14(23(16)29-5)11-18(26)17-10-15-12-22(28)25(3,4)31-21(15)13-19(17)27/h16,19,21-23,32H,8-15,17H2,1-7H3,(H,33,34);6-10,13,22,27-28H,11-12H2,1-5H3. The van der Waals surface area contributed by atoms with Crippen LogP contribution in [0.2, 0.25) is 0 Å². The summed E-state index contributed by atoms with van der Waals surface area (Å²) >= 11 is 0. The molecular weight excluding hydrogens is 821 g/mol. The predicted octanol–water partition coefficient (Wildman–Crippen LogP) is 10.5. The fraction of sp³-hybridized carbons (Fsp3) is 0.655. The van der Waals surface area contributed by atoms with E-state index in [0.29, 0.717) is 47.1 Å². The number of aliphatic hydroxyl groups is 2. The Morgan fingerprint density at radius 3 is 2.20 bits per heavy atom. The van der Waals surface area contributed by atoms with Gasteiger partial charge in [-0.2, -0.15) is 0 Å². The SMILES string of the molecule is CC1(C(=O)O)CCC2(C)CCC3(C)C(=CC(=O)C4C5(C)CCC(O)C(C)(C)C5CCC43C)C2C1.COc1c(CC(=O)c2cc3c(cc2O)OC(C)(C)C(O)C3)ccc2c1C=CC(C)(C)O2. The van der Waals surface area contributed by atoms with E-state index >= 15 is 0 Å². The van der Waals surface area contributed by atoms with Crippen LogP contribution >= 0.6 is 0 Å². The molecule has 10 unspecified atom stereocenters. The number of carbonyl (C=O) groups excluding carboxylic acids is 2. The number of aromatic hydroxyl groups is 1. The van der Waals surface area contributed by atoms with Crippen molar-refractivity contribution in [2.75, 3.05) is 7.11 Å². The molecule has 2 aliphatic heterocycles. The van der Waals surface area contributed by atoms with Gasteiger partial charge < -0.3 is 34.6 Å². The van der Waals surface area contributed by atoms with E-state index < -0.39 is 28.7 Å². The summed E-state index contributed by atoms with van der Waals surface area (Å²) < 4.78 is 17.4. The fourth-order valence-corrected chi connectivity index (χ4v) is 14.4. The number of methoxy groups -OCH3 is 1. The molecule has 5 aliphatic carbocycles. The van der Waals surface area contributed by atoms with Gasteiger partial charge in [0.25, 0.3) is 0 Å². The van der Waals surface area contributed by atoms with Gasteiger partial charge in [0.2, 0.25) is 0 Å². The Hall–Kier alpha value is -4.15. The second-order valence-corrected chi connectivity index (χ2v) is 24.1. The molecule has 10 nitrogen and oxygen atoms in total. The molecule has 0 amide bonds. The average molecular weight is 895 g/mol. The van der Waals surface area contributed by atoms with Crippen molar-refractivity contribution in [1.29, 1.82) is 0 Å². The number of Topliss-reactive ketones (excluding diaryl/α,β-unsaturated/α-hetero) is 1. The van der Waals surface area contributed by atoms with E-state index in [1.54, 1.807) is 27.0 Å². The Kier molecular flexibility index (Phi) is 11.2. The van der Waals surface area contributed by atoms with Gasteiger partial charge in [-0.05, 0) is 167 Å². The van der Waals surface area contributed by atoms with Gasteiger partial charge in [-0.3, -0.25) is 14.4 Å². The third kappa shape index (κ3) is 7.37. The van der Waals surface area contributed by atoms with Gasteiger partial charge >= 0.3 is 5.97 Å². The number of benzene rings is 2. The van der Waals surface area contributed by atoms with Crippen LogP contribution in [0.5, 0.6) is 23.0 Å². The van der Waals surface area contributed by atoms with Crippen molar-refractivity contribution >= 4 is 23.6 Å². The molecule has 10 atom stereocenters. The van der Waals surface area contributed by atoms with Crippen LogP contribution in [-0.4, -0.2) is 68.5 Å². The molecular formula is C55H74O10. The topological polar surface area (TPSA) is 160 Å². The second kappa shape index (κ2) is 15.4. The summed E-state index contributed by atoms with van der Waals surface area (Å²) in [7, 11) is 1.56. The van der Waals surface area contributed by atoms with Crippen molar-refractivity contribution in [2.45, 2.75) is 170 Å². The van der Waals surface area contributed by atoms with Gasteiger partial charge in [0.05, 0.1) is 35.9 Å². The Morgan fingerprint density at radius 2 is 1.52 bits per heavy atom. The van der Waals surface area contributed by atoms with Crippen LogP contribution in [0, 0.1) is 50.2 Å². The summed E-state index contributed by atoms with van der Waals surface area (Å²) in [6.07, 6.45) is 13.5. The number of hydrogen-bond acceptors (Lipinski definition) is 9. The van der Waals surface area contributed by atoms with Crippen LogP contribution < -0.4 is 14.2 Å². The monoisotopic (exact) mass is 895 g/mol. The van der Waals surface area contributed by atoms with E-state index in [1.165, 1.54) is 11.6 Å². The molecule has 2 aromatic carbocycles. The zero-order valence-electron chi connectivity index (χ0n) is 40.9. The summed E-state index contributed by atoms with van der Waals surface area (Å²) in [5.41, 5.74) is 1.36. The molecule has 10 heteroatoms. The number of rotatable bonds is 5. The van der Waals surface area contributed by atoms with Crippen molar-refractivity contribution in [3.05, 3.63) is 64.2 Å². The number of aliphatic carboxylic acids is 1. The molecule has 2 aromatic rings. The van der Waals surface area contributed by atoms with Gasteiger partial charge in [0.1, 0.15) is 34.2 Å². The fourth-order valence-electron chi connectivity index (χ4n) is 14.4. The van der Waals surface area contributed by atoms with Crippen LogP contribution in [-0.2, 0) is 22.4 Å². The highest BCUT2D eigenvalue weighted by atomic mass is 16.5. The normalized spacial score (nSPS) is 37.9. The minimum atomic E-state index is -0.758. The van der Waals surface area contributed by atoms with Crippen LogP contribution in [0.15, 0.2) is 42.0 Å². The molecule has 4 fully saturated rings. The first kappa shape index (κ1) is 47.3. The van der Waals surface area contributed by atoms with Crippen molar-refractivity contribution < 1.29 is 49.0 Å². The molecule has 354 valence electrons. The molecule has 0 spiro atoms. The van der Waals surface area contributed by atoms with Gasteiger partial charge in [-0.1, -0.05) is 53.2 Å². The lowest BCUT2D eigenvalue weighted by Gasteiger charge is -2.70. The number of allylic oxidation sites excluding steroid dienone is 2. The Bertz CT molecular complexity index is 2370. The lowest BCUT2D eigenvalue weighted by molar-refractivity contribution is -0.202. The first-order valence-corrected chi connectivity index (χ1v) is 24.1. The van der Waals surface area contributed by atoms with E-state index in [-0.39, 0.29) is 74.3 Å². The van der Waals surface area contributed by atoms with Gasteiger partial charge in [0, 0.05) is 30.4 Å². The molecule has 0 radical (unpaired) electrons. The smallest absolute Gasteiger partial charge is 0.309 e. The molecule has 4 saturated carbocycles. The molecule has 7 aliphatic rings. The summed E-state index contributed by atoms with van der Waals surface area (Å²) in [6.45, 7) is 23.4. The summed E-state index contributed by atoms with van der Waals surface area (Å²) in [5.74, 6) is 1.43. The van der Waals surface area contributed by atoms with Gasteiger partial charge in [0.15, 0.2) is 11.6 Å². The predicted molar refractivity (Wildman–Crippen MR) is 250 cm³/mol. The lowest BCUT2D eigenvalue weighted by atomic mass is 9.33. The van der Waals surface area contributed by atoms with E-state index in [1.807, 2.05) is 51.1 Å². The number of aliphatic hydroxyl groups excluding tert-OH is 2. The van der Waals surface area contributed by atoms with E-state index in [4.69, 9.17) is 14.2 Å². The highest BCUT2D eigenvalue weighted by Crippen LogP contribution is 2.75. The Morgan fingerprint density at radius 1 is 0.831 bits per heavy atom. The molecule has 0 saturated heterocycles. The minimum absolute atomic E-state index is 0.0296. The van der Waals surface area contributed by atoms with E-state index in [0.717, 1.165) is 56.9 Å². The molecule has 0 bridgehead atoms. The number of phenolic OH excluding ortho intramolecular Hbond substituents is 1. The highest BCUT2D eigenvalue weighted by molar-refractivity contribution is 6.01. The molecule has 2 heterocycles. The maximum atomic E-state index is 14.2. The summed E-state index contributed by atoms with van der Waals surface area (Å²) in [5, 5.41) is 41.7. The van der Waals surface area contributed by atoms with Crippen molar-refractivity contribution in [2.24, 2.45) is 50.2 Å². The van der Waals surface area contributed by atoms with Crippen LogP contribution in [0.4, 0.5) is 0 Å². The van der Waals surface area contributed by atoms with Crippen LogP contribution in [0.1, 0.15) is 161 Å². The van der Waals surface area contributed by atoms with Crippen molar-refractivity contribution in [3.63, 3.8) is 0 Å². The van der Waals surface area contributed by atoms with E-state index in [9.17, 15) is 34.8 Å². The van der Waals surface area contributed by atoms with Gasteiger partial charge in [-0.15, -0.1) is 0 Å². The van der Waals surface area contributed by atoms with Crippen molar-refractivity contribution in [1.82, 2.24) is 0 Å². The quantitative estimate of drug-likeness (QED) is 0.213. The Balaban J connectivity index is 0.000000178. The number of hydrogen-bond donors (Lipinski definition) is 4. The molecule has 4 N–H and O–H groups in total. The largest absolute Gasteiger partial charge is 0.507 e. The minimum Gasteiger partial charge on any atom is -0.507 e. The highest BCUT2D eigenvalue weighted by Gasteiger charge is 2.70. The first-order chi connectivity index (χ1) is 30.1. The summed E-state index contributed by atoms with van der Waals surface area (Å²) in [6, 6.07) is 6.72. The number of carboxylic acids is 1. The van der Waals surface area contributed by atoms with Gasteiger partial charge in [-0.25, -0.2) is 0 Å². The summed E-state index contributed by atoms with van der Waals surface area (Å²) in [4.78, 5) is 39.5. The molecule has 0 aromatic heterocycles. The number of ketones is 2. The zero-order chi connectivity index (χ0) is 47.7. The third-order valence-corrected chi connectivity index (χ3v) is 19.0.